The van der Waals surface area contributed by atoms with Crippen molar-refractivity contribution in [3.63, 3.8) is 0 Å². The highest BCUT2D eigenvalue weighted by atomic mass is 32.2. The molecular weight excluding hydrogens is 432 g/mol. The lowest BCUT2D eigenvalue weighted by molar-refractivity contribution is 0.102. The average molecular weight is 459 g/mol. The van der Waals surface area contributed by atoms with Gasteiger partial charge >= 0.3 is 0 Å². The van der Waals surface area contributed by atoms with Crippen LogP contribution in [0.3, 0.4) is 0 Å². The molecule has 1 amide bonds. The molecule has 1 aliphatic heterocycles. The minimum Gasteiger partial charge on any atom is -0.397 e. The lowest BCUT2D eigenvalue weighted by atomic mass is 10.1. The fourth-order valence-corrected chi connectivity index (χ4v) is 4.79. The zero-order valence-electron chi connectivity index (χ0n) is 18.3. The molecule has 2 aromatic carbocycles. The molecule has 1 saturated heterocycles. The topological polar surface area (TPSA) is 88.5 Å². The molecule has 33 heavy (non-hydrogen) atoms. The van der Waals surface area contributed by atoms with Crippen LogP contribution >= 0.6 is 11.8 Å². The van der Waals surface area contributed by atoms with E-state index in [0.717, 1.165) is 40.9 Å². The van der Waals surface area contributed by atoms with Crippen LogP contribution in [0.15, 0.2) is 72.0 Å². The van der Waals surface area contributed by atoms with Crippen LogP contribution in [0.25, 0.3) is 5.52 Å². The van der Waals surface area contributed by atoms with Gasteiger partial charge in [0.2, 0.25) is 5.16 Å². The summed E-state index contributed by atoms with van der Waals surface area (Å²) in [4.78, 5) is 19.8. The SMILES string of the molecule is Nc1ccccc1NC(=O)c1ccc(CSc2nc(N3CCCCC3)c3cccn3n2)cc1. The van der Waals surface area contributed by atoms with Crippen molar-refractivity contribution < 1.29 is 4.79 Å². The van der Waals surface area contributed by atoms with E-state index in [1.807, 2.05) is 53.2 Å². The number of amides is 1. The summed E-state index contributed by atoms with van der Waals surface area (Å²) in [6.07, 6.45) is 5.67. The Morgan fingerprint density at radius 3 is 2.58 bits per heavy atom. The van der Waals surface area contributed by atoms with Crippen LogP contribution in [-0.2, 0) is 5.75 Å². The Balaban J connectivity index is 1.27. The molecule has 0 atom stereocenters. The first-order valence-corrected chi connectivity index (χ1v) is 12.1. The second-order valence-electron chi connectivity index (χ2n) is 8.13. The van der Waals surface area contributed by atoms with Crippen molar-refractivity contribution in [2.75, 3.05) is 29.0 Å². The van der Waals surface area contributed by atoms with Crippen LogP contribution in [0.2, 0.25) is 0 Å². The Hall–Kier alpha value is -3.52. The molecule has 4 aromatic rings. The number of aromatic nitrogens is 3. The normalized spacial score (nSPS) is 13.9. The number of para-hydroxylation sites is 2. The Bertz CT molecular complexity index is 1260. The highest BCUT2D eigenvalue weighted by Crippen LogP contribution is 2.27. The number of carbonyl (C=O) groups is 1. The van der Waals surface area contributed by atoms with Crippen LogP contribution < -0.4 is 16.0 Å². The molecule has 8 heteroatoms. The molecule has 168 valence electrons. The molecular formula is C25H26N6OS. The number of nitrogens with one attached hydrogen (secondary N) is 1. The zero-order chi connectivity index (χ0) is 22.6. The van der Waals surface area contributed by atoms with E-state index in [1.165, 1.54) is 19.3 Å². The molecule has 3 heterocycles. The van der Waals surface area contributed by atoms with Gasteiger partial charge in [-0.2, -0.15) is 0 Å². The first-order chi connectivity index (χ1) is 16.2. The standard InChI is InChI=1S/C25H26N6OS/c26-20-7-2-3-8-21(20)27-24(32)19-12-10-18(11-13-19)17-33-25-28-23(30-14-4-1-5-15-30)22-9-6-16-31(22)29-25/h2-3,6-13,16H,1,4-5,14-15,17,26H2,(H,27,32). The maximum atomic E-state index is 12.5. The van der Waals surface area contributed by atoms with Gasteiger partial charge in [-0.25, -0.2) is 9.50 Å². The van der Waals surface area contributed by atoms with Crippen molar-refractivity contribution in [3.8, 4) is 0 Å². The van der Waals surface area contributed by atoms with Gasteiger partial charge in [-0.05, 0) is 61.2 Å². The fraction of sp³-hybridized carbons (Fsp3) is 0.240. The summed E-state index contributed by atoms with van der Waals surface area (Å²) in [7, 11) is 0. The van der Waals surface area contributed by atoms with Gasteiger partial charge in [0.05, 0.1) is 11.4 Å². The van der Waals surface area contributed by atoms with Crippen molar-refractivity contribution in [2.24, 2.45) is 0 Å². The predicted octanol–water partition coefficient (Wildman–Crippen LogP) is 4.85. The summed E-state index contributed by atoms with van der Waals surface area (Å²) in [5.74, 6) is 1.56. The molecule has 3 N–H and O–H groups in total. The molecule has 0 aliphatic carbocycles. The van der Waals surface area contributed by atoms with Crippen LogP contribution in [0, 0.1) is 0 Å². The molecule has 7 nitrogen and oxygen atoms in total. The number of hydrogen-bond acceptors (Lipinski definition) is 6. The Kier molecular flexibility index (Phi) is 6.17. The molecule has 0 radical (unpaired) electrons. The first-order valence-electron chi connectivity index (χ1n) is 11.2. The smallest absolute Gasteiger partial charge is 0.255 e. The van der Waals surface area contributed by atoms with Crippen LogP contribution in [0.4, 0.5) is 17.2 Å². The third-order valence-electron chi connectivity index (χ3n) is 5.80. The minimum atomic E-state index is -0.181. The zero-order valence-corrected chi connectivity index (χ0v) is 19.1. The summed E-state index contributed by atoms with van der Waals surface area (Å²) >= 11 is 1.60. The van der Waals surface area contributed by atoms with Gasteiger partial charge in [-0.3, -0.25) is 4.79 Å². The average Bonchev–Trinajstić information content (AvgIpc) is 3.33. The number of fused-ring (bicyclic) bond motifs is 1. The largest absolute Gasteiger partial charge is 0.397 e. The summed E-state index contributed by atoms with van der Waals surface area (Å²) in [6, 6.07) is 18.9. The molecule has 0 spiro atoms. The molecule has 2 aromatic heterocycles. The van der Waals surface area contributed by atoms with E-state index in [9.17, 15) is 4.79 Å². The number of thioether (sulfide) groups is 1. The van der Waals surface area contributed by atoms with Crippen molar-refractivity contribution in [3.05, 3.63) is 78.0 Å². The van der Waals surface area contributed by atoms with Gasteiger partial charge in [-0.1, -0.05) is 36.0 Å². The number of nitrogen functional groups attached to an aromatic ring is 1. The lowest BCUT2D eigenvalue weighted by Crippen LogP contribution is -2.30. The highest BCUT2D eigenvalue weighted by molar-refractivity contribution is 7.98. The van der Waals surface area contributed by atoms with Gasteiger partial charge in [0.25, 0.3) is 5.91 Å². The number of nitrogens with two attached hydrogens (primary N) is 1. The molecule has 1 aliphatic rings. The number of rotatable bonds is 6. The molecule has 0 bridgehead atoms. The van der Waals surface area contributed by atoms with Gasteiger partial charge in [0.1, 0.15) is 5.52 Å². The van der Waals surface area contributed by atoms with E-state index in [4.69, 9.17) is 10.7 Å². The number of benzene rings is 2. The fourth-order valence-electron chi connectivity index (χ4n) is 4.00. The number of hydrogen-bond donors (Lipinski definition) is 2. The Morgan fingerprint density at radius 2 is 1.79 bits per heavy atom. The third-order valence-corrected chi connectivity index (χ3v) is 6.71. The molecule has 0 unspecified atom stereocenters. The summed E-state index contributed by atoms with van der Waals surface area (Å²) in [5, 5.41) is 8.28. The lowest BCUT2D eigenvalue weighted by Gasteiger charge is -2.28. The second kappa shape index (κ2) is 9.54. The maximum absolute atomic E-state index is 12.5. The van der Waals surface area contributed by atoms with Crippen LogP contribution in [-0.4, -0.2) is 33.6 Å². The summed E-state index contributed by atoms with van der Waals surface area (Å²) in [5.41, 5.74) is 9.82. The Labute approximate surface area is 197 Å². The van der Waals surface area contributed by atoms with Crippen molar-refractivity contribution in [1.29, 1.82) is 0 Å². The Morgan fingerprint density at radius 1 is 1.00 bits per heavy atom. The second-order valence-corrected chi connectivity index (χ2v) is 9.07. The van der Waals surface area contributed by atoms with E-state index in [0.29, 0.717) is 16.9 Å². The van der Waals surface area contributed by atoms with E-state index in [2.05, 4.69) is 21.4 Å². The van der Waals surface area contributed by atoms with E-state index < -0.39 is 0 Å². The minimum absolute atomic E-state index is 0.181. The van der Waals surface area contributed by atoms with E-state index >= 15 is 0 Å². The van der Waals surface area contributed by atoms with E-state index in [1.54, 1.807) is 23.9 Å². The number of anilines is 3. The summed E-state index contributed by atoms with van der Waals surface area (Å²) in [6.45, 7) is 2.08. The first kappa shape index (κ1) is 21.3. The maximum Gasteiger partial charge on any atom is 0.255 e. The van der Waals surface area contributed by atoms with Crippen LogP contribution in [0.5, 0.6) is 0 Å². The number of nitrogens with zero attached hydrogens (tertiary/aromatic N) is 4. The van der Waals surface area contributed by atoms with Crippen molar-refractivity contribution in [1.82, 2.24) is 14.6 Å². The number of carbonyl (C=O) groups excluding carboxylic acids is 1. The molecule has 5 rings (SSSR count). The van der Waals surface area contributed by atoms with Crippen molar-refractivity contribution >= 4 is 40.4 Å². The van der Waals surface area contributed by atoms with Crippen LogP contribution in [0.1, 0.15) is 35.2 Å². The predicted molar refractivity (Wildman–Crippen MR) is 134 cm³/mol. The van der Waals surface area contributed by atoms with Gasteiger partial charge in [-0.15, -0.1) is 5.10 Å². The molecule has 0 saturated carbocycles. The van der Waals surface area contributed by atoms with Crippen molar-refractivity contribution in [2.45, 2.75) is 30.2 Å². The summed E-state index contributed by atoms with van der Waals surface area (Å²) < 4.78 is 1.92. The highest BCUT2D eigenvalue weighted by Gasteiger charge is 2.17. The molecule has 1 fully saturated rings. The van der Waals surface area contributed by atoms with Gasteiger partial charge in [0.15, 0.2) is 5.82 Å². The monoisotopic (exact) mass is 458 g/mol. The quantitative estimate of drug-likeness (QED) is 0.317. The van der Waals surface area contributed by atoms with E-state index in [-0.39, 0.29) is 5.91 Å². The van der Waals surface area contributed by atoms with Gasteiger partial charge in [0, 0.05) is 30.6 Å². The number of piperidine rings is 1. The van der Waals surface area contributed by atoms with Gasteiger partial charge < -0.3 is 16.0 Å². The third kappa shape index (κ3) is 4.80.